The van der Waals surface area contributed by atoms with Crippen molar-refractivity contribution >= 4 is 11.9 Å². The highest BCUT2D eigenvalue weighted by Gasteiger charge is 2.11. The molecule has 0 atom stereocenters. The molecule has 0 aliphatic heterocycles. The van der Waals surface area contributed by atoms with E-state index in [9.17, 15) is 4.79 Å². The Kier molecular flexibility index (Phi) is 5.63. The first-order valence-electron chi connectivity index (χ1n) is 7.56. The quantitative estimate of drug-likeness (QED) is 0.575. The van der Waals surface area contributed by atoms with Crippen molar-refractivity contribution in [1.29, 1.82) is 0 Å². The number of rotatable bonds is 7. The molecule has 6 nitrogen and oxygen atoms in total. The summed E-state index contributed by atoms with van der Waals surface area (Å²) in [4.78, 5) is 12.3. The summed E-state index contributed by atoms with van der Waals surface area (Å²) in [5.41, 5.74) is 1.26. The maximum Gasteiger partial charge on any atom is 0.189 e. The number of hydrogen-bond acceptors (Lipinski definition) is 5. The van der Waals surface area contributed by atoms with Crippen molar-refractivity contribution < 1.29 is 19.0 Å². The van der Waals surface area contributed by atoms with E-state index in [0.717, 1.165) is 5.56 Å². The summed E-state index contributed by atoms with van der Waals surface area (Å²) in [6.45, 7) is 4.01. The average Bonchev–Trinajstić information content (AvgIpc) is 3.09. The van der Waals surface area contributed by atoms with Crippen molar-refractivity contribution in [3.63, 3.8) is 0 Å². The Morgan fingerprint density at radius 3 is 2.25 bits per heavy atom. The predicted octanol–water partition coefficient (Wildman–Crippen LogP) is 3.39. The third kappa shape index (κ3) is 3.76. The molecule has 2 rings (SSSR count). The topological polar surface area (TPSA) is 62.6 Å². The Labute approximate surface area is 141 Å². The number of ketones is 1. The molecule has 2 aromatic rings. The summed E-state index contributed by atoms with van der Waals surface area (Å²) >= 11 is 0. The van der Waals surface area contributed by atoms with Crippen molar-refractivity contribution in [3.8, 4) is 17.2 Å². The molecular weight excluding hydrogens is 308 g/mol. The second kappa shape index (κ2) is 7.68. The van der Waals surface area contributed by atoms with Gasteiger partial charge in [0.05, 0.1) is 33.1 Å². The van der Waals surface area contributed by atoms with Gasteiger partial charge < -0.3 is 14.2 Å². The first-order chi connectivity index (χ1) is 11.5. The molecule has 0 fully saturated rings. The number of methoxy groups -OCH3 is 3. The maximum atomic E-state index is 12.3. The molecule has 0 saturated carbocycles. The van der Waals surface area contributed by atoms with Gasteiger partial charge in [-0.05, 0) is 32.1 Å². The zero-order valence-corrected chi connectivity index (χ0v) is 14.6. The molecule has 0 saturated heterocycles. The molecular formula is C18H22N2O4. The van der Waals surface area contributed by atoms with E-state index >= 15 is 0 Å². The van der Waals surface area contributed by atoms with Crippen LogP contribution in [0.15, 0.2) is 30.6 Å². The molecule has 1 heterocycles. The van der Waals surface area contributed by atoms with Crippen LogP contribution in [0.1, 0.15) is 35.8 Å². The van der Waals surface area contributed by atoms with Gasteiger partial charge in [0.2, 0.25) is 0 Å². The first kappa shape index (κ1) is 17.6. The second-order valence-electron chi connectivity index (χ2n) is 5.45. The highest BCUT2D eigenvalue weighted by Crippen LogP contribution is 2.35. The van der Waals surface area contributed by atoms with Gasteiger partial charge in [-0.3, -0.25) is 9.48 Å². The summed E-state index contributed by atoms with van der Waals surface area (Å²) in [5, 5.41) is 4.18. The molecule has 0 aliphatic rings. The van der Waals surface area contributed by atoms with Crippen LogP contribution in [0, 0.1) is 0 Å². The lowest BCUT2D eigenvalue weighted by molar-refractivity contribution is 0.104. The molecule has 0 bridgehead atoms. The van der Waals surface area contributed by atoms with E-state index in [4.69, 9.17) is 14.2 Å². The van der Waals surface area contributed by atoms with E-state index in [1.165, 1.54) is 6.08 Å². The molecule has 0 amide bonds. The fourth-order valence-electron chi connectivity index (χ4n) is 2.19. The standard InChI is InChI=1S/C18H22N2O4/c1-12(2)20-11-14(10-19-20)15(21)7-6-13-8-17(23-4)18(24-5)9-16(13)22-3/h6-12H,1-5H3. The Balaban J connectivity index is 2.28. The molecule has 0 N–H and O–H groups in total. The van der Waals surface area contributed by atoms with Crippen LogP contribution in [-0.4, -0.2) is 36.9 Å². The number of allylic oxidation sites excluding steroid dienone is 1. The molecule has 0 radical (unpaired) electrons. The largest absolute Gasteiger partial charge is 0.496 e. The van der Waals surface area contributed by atoms with E-state index in [0.29, 0.717) is 22.8 Å². The van der Waals surface area contributed by atoms with Crippen LogP contribution >= 0.6 is 0 Å². The number of hydrogen-bond donors (Lipinski definition) is 0. The van der Waals surface area contributed by atoms with Gasteiger partial charge in [0.25, 0.3) is 0 Å². The predicted molar refractivity (Wildman–Crippen MR) is 92.1 cm³/mol. The minimum absolute atomic E-state index is 0.126. The van der Waals surface area contributed by atoms with Crippen LogP contribution in [0.2, 0.25) is 0 Å². The number of carbonyl (C=O) groups excluding carboxylic acids is 1. The third-order valence-electron chi connectivity index (χ3n) is 3.57. The smallest absolute Gasteiger partial charge is 0.189 e. The number of carbonyl (C=O) groups is 1. The SMILES string of the molecule is COc1cc(OC)c(OC)cc1C=CC(=O)c1cnn(C(C)C)c1. The molecule has 0 spiro atoms. The van der Waals surface area contributed by atoms with E-state index < -0.39 is 0 Å². The zero-order valence-electron chi connectivity index (χ0n) is 14.6. The summed E-state index contributed by atoms with van der Waals surface area (Å²) < 4.78 is 17.6. The molecule has 24 heavy (non-hydrogen) atoms. The van der Waals surface area contributed by atoms with Gasteiger partial charge in [-0.15, -0.1) is 0 Å². The van der Waals surface area contributed by atoms with Crippen LogP contribution in [0.4, 0.5) is 0 Å². The lowest BCUT2D eigenvalue weighted by Crippen LogP contribution is -2.00. The Morgan fingerprint density at radius 1 is 1.08 bits per heavy atom. The van der Waals surface area contributed by atoms with Crippen molar-refractivity contribution in [2.24, 2.45) is 0 Å². The lowest BCUT2D eigenvalue weighted by atomic mass is 10.1. The number of ether oxygens (including phenoxy) is 3. The summed E-state index contributed by atoms with van der Waals surface area (Å²) in [6.07, 6.45) is 6.49. The van der Waals surface area contributed by atoms with Crippen molar-refractivity contribution in [1.82, 2.24) is 9.78 Å². The minimum Gasteiger partial charge on any atom is -0.496 e. The molecule has 1 aromatic carbocycles. The molecule has 128 valence electrons. The summed E-state index contributed by atoms with van der Waals surface area (Å²) in [7, 11) is 4.68. The van der Waals surface area contributed by atoms with Crippen LogP contribution < -0.4 is 14.2 Å². The molecule has 6 heteroatoms. The van der Waals surface area contributed by atoms with Gasteiger partial charge in [0.1, 0.15) is 5.75 Å². The van der Waals surface area contributed by atoms with Crippen LogP contribution in [0.25, 0.3) is 6.08 Å². The summed E-state index contributed by atoms with van der Waals surface area (Å²) in [6, 6.07) is 3.69. The Bertz CT molecular complexity index is 747. The first-order valence-corrected chi connectivity index (χ1v) is 7.56. The van der Waals surface area contributed by atoms with Crippen molar-refractivity contribution in [3.05, 3.63) is 41.7 Å². The van der Waals surface area contributed by atoms with E-state index in [-0.39, 0.29) is 11.8 Å². The van der Waals surface area contributed by atoms with Gasteiger partial charge in [0.15, 0.2) is 17.3 Å². The van der Waals surface area contributed by atoms with Gasteiger partial charge in [-0.2, -0.15) is 5.10 Å². The number of nitrogens with zero attached hydrogens (tertiary/aromatic N) is 2. The van der Waals surface area contributed by atoms with E-state index in [1.54, 1.807) is 56.6 Å². The minimum atomic E-state index is -0.126. The van der Waals surface area contributed by atoms with Gasteiger partial charge >= 0.3 is 0 Å². The molecule has 1 aromatic heterocycles. The van der Waals surface area contributed by atoms with Gasteiger partial charge in [-0.1, -0.05) is 0 Å². The van der Waals surface area contributed by atoms with Crippen LogP contribution in [-0.2, 0) is 0 Å². The molecule has 0 aliphatic carbocycles. The fourth-order valence-corrected chi connectivity index (χ4v) is 2.19. The number of aromatic nitrogens is 2. The number of benzene rings is 1. The normalized spacial score (nSPS) is 11.1. The van der Waals surface area contributed by atoms with Crippen molar-refractivity contribution in [2.75, 3.05) is 21.3 Å². The summed E-state index contributed by atoms with van der Waals surface area (Å²) in [5.74, 6) is 1.60. The van der Waals surface area contributed by atoms with E-state index in [2.05, 4.69) is 5.10 Å². The van der Waals surface area contributed by atoms with Gasteiger partial charge in [-0.25, -0.2) is 0 Å². The second-order valence-corrected chi connectivity index (χ2v) is 5.45. The molecule has 0 unspecified atom stereocenters. The Hall–Kier alpha value is -2.76. The highest BCUT2D eigenvalue weighted by atomic mass is 16.5. The van der Waals surface area contributed by atoms with E-state index in [1.807, 2.05) is 13.8 Å². The van der Waals surface area contributed by atoms with Crippen LogP contribution in [0.3, 0.4) is 0 Å². The third-order valence-corrected chi connectivity index (χ3v) is 3.57. The van der Waals surface area contributed by atoms with Crippen LogP contribution in [0.5, 0.6) is 17.2 Å². The zero-order chi connectivity index (χ0) is 17.7. The maximum absolute atomic E-state index is 12.3. The lowest BCUT2D eigenvalue weighted by Gasteiger charge is -2.12. The average molecular weight is 330 g/mol. The fraction of sp³-hybridized carbons (Fsp3) is 0.333. The van der Waals surface area contributed by atoms with Gasteiger partial charge in [0, 0.05) is 23.9 Å². The van der Waals surface area contributed by atoms with Crippen molar-refractivity contribution in [2.45, 2.75) is 19.9 Å². The Morgan fingerprint density at radius 2 is 1.71 bits per heavy atom. The monoisotopic (exact) mass is 330 g/mol. The highest BCUT2D eigenvalue weighted by molar-refractivity contribution is 6.06.